The Bertz CT molecular complexity index is 613. The summed E-state index contributed by atoms with van der Waals surface area (Å²) in [5, 5.41) is 9.05. The molecule has 130 valence electrons. The molecule has 1 aromatic heterocycles. The van der Waals surface area contributed by atoms with E-state index >= 15 is 0 Å². The Kier molecular flexibility index (Phi) is 9.59. The minimum absolute atomic E-state index is 0. The number of carbonyl (C=O) groups excluding carboxylic acids is 1. The molecule has 1 aromatic carbocycles. The maximum absolute atomic E-state index is 11.8. The number of hydrogen-bond acceptors (Lipinski definition) is 2. The van der Waals surface area contributed by atoms with Crippen LogP contribution in [0.4, 0.5) is 0 Å². The van der Waals surface area contributed by atoms with Crippen LogP contribution in [0.25, 0.3) is 0 Å². The molecule has 24 heavy (non-hydrogen) atoms. The monoisotopic (exact) mass is 441 g/mol. The van der Waals surface area contributed by atoms with Gasteiger partial charge in [0.1, 0.15) is 0 Å². The number of rotatable bonds is 7. The van der Waals surface area contributed by atoms with E-state index in [4.69, 9.17) is 0 Å². The van der Waals surface area contributed by atoms with Gasteiger partial charge in [-0.05, 0) is 17.7 Å². The van der Waals surface area contributed by atoms with Crippen LogP contribution >= 0.6 is 24.0 Å². The lowest BCUT2D eigenvalue weighted by molar-refractivity contribution is -0.120. The van der Waals surface area contributed by atoms with Crippen LogP contribution in [0.3, 0.4) is 0 Å². The van der Waals surface area contributed by atoms with Gasteiger partial charge in [0.15, 0.2) is 5.96 Å². The van der Waals surface area contributed by atoms with E-state index in [0.717, 1.165) is 18.7 Å². The lowest BCUT2D eigenvalue weighted by atomic mass is 10.2. The molecule has 1 heterocycles. The normalized spacial score (nSPS) is 10.6. The highest BCUT2D eigenvalue weighted by Gasteiger charge is 2.03. The molecule has 2 aromatic rings. The average Bonchev–Trinajstić information content (AvgIpc) is 3.10. The van der Waals surface area contributed by atoms with Gasteiger partial charge in [0.25, 0.3) is 0 Å². The molecule has 0 radical (unpaired) electrons. The molecular formula is C17H24IN5O. The van der Waals surface area contributed by atoms with Crippen molar-refractivity contribution in [2.75, 3.05) is 20.1 Å². The summed E-state index contributed by atoms with van der Waals surface area (Å²) in [5.74, 6) is 0.550. The van der Waals surface area contributed by atoms with Gasteiger partial charge >= 0.3 is 0 Å². The standard InChI is InChI=1S/C17H23N5O.HI/c1-18-17(19-9-12-22-10-5-6-11-22)21-14-16(23)20-13-15-7-3-2-4-8-15;/h2-8,10-11H,9,12-14H2,1H3,(H,20,23)(H2,18,19,21);1H. The van der Waals surface area contributed by atoms with Gasteiger partial charge in [-0.25, -0.2) is 0 Å². The van der Waals surface area contributed by atoms with Crippen LogP contribution < -0.4 is 16.0 Å². The first-order chi connectivity index (χ1) is 11.3. The highest BCUT2D eigenvalue weighted by Crippen LogP contribution is 1.96. The van der Waals surface area contributed by atoms with Gasteiger partial charge in [0, 0.05) is 39.1 Å². The van der Waals surface area contributed by atoms with Gasteiger partial charge in [-0.1, -0.05) is 30.3 Å². The van der Waals surface area contributed by atoms with Crippen molar-refractivity contribution in [2.45, 2.75) is 13.1 Å². The third-order valence-corrected chi connectivity index (χ3v) is 3.30. The molecule has 0 atom stereocenters. The number of halogens is 1. The van der Waals surface area contributed by atoms with Gasteiger partial charge in [-0.2, -0.15) is 0 Å². The minimum Gasteiger partial charge on any atom is -0.355 e. The number of aromatic nitrogens is 1. The largest absolute Gasteiger partial charge is 0.355 e. The Labute approximate surface area is 159 Å². The summed E-state index contributed by atoms with van der Waals surface area (Å²) in [7, 11) is 1.69. The van der Waals surface area contributed by atoms with Crippen molar-refractivity contribution in [3.05, 3.63) is 60.4 Å². The maximum Gasteiger partial charge on any atom is 0.239 e. The van der Waals surface area contributed by atoms with Crippen LogP contribution in [0.5, 0.6) is 0 Å². The fourth-order valence-corrected chi connectivity index (χ4v) is 2.07. The van der Waals surface area contributed by atoms with Crippen LogP contribution in [-0.2, 0) is 17.9 Å². The first-order valence-electron chi connectivity index (χ1n) is 7.64. The number of carbonyl (C=O) groups is 1. The molecule has 0 aliphatic rings. The third-order valence-electron chi connectivity index (χ3n) is 3.30. The summed E-state index contributed by atoms with van der Waals surface area (Å²) in [6, 6.07) is 13.8. The molecule has 0 saturated heterocycles. The second-order valence-electron chi connectivity index (χ2n) is 5.04. The Morgan fingerprint density at radius 1 is 1.04 bits per heavy atom. The molecule has 7 heteroatoms. The Morgan fingerprint density at radius 2 is 1.75 bits per heavy atom. The Hall–Kier alpha value is -2.03. The van der Waals surface area contributed by atoms with Crippen LogP contribution in [-0.4, -0.2) is 36.6 Å². The third kappa shape index (κ3) is 7.49. The fraction of sp³-hybridized carbons (Fsp3) is 0.294. The van der Waals surface area contributed by atoms with Crippen molar-refractivity contribution >= 4 is 35.8 Å². The number of nitrogens with zero attached hydrogens (tertiary/aromatic N) is 2. The van der Waals surface area contributed by atoms with Gasteiger partial charge in [0.2, 0.25) is 5.91 Å². The van der Waals surface area contributed by atoms with Crippen LogP contribution in [0.15, 0.2) is 59.9 Å². The summed E-state index contributed by atoms with van der Waals surface area (Å²) in [6.45, 7) is 2.30. The van der Waals surface area contributed by atoms with Gasteiger partial charge in [-0.3, -0.25) is 9.79 Å². The second kappa shape index (κ2) is 11.5. The molecule has 1 amide bonds. The molecule has 0 fully saturated rings. The Morgan fingerprint density at radius 3 is 2.42 bits per heavy atom. The summed E-state index contributed by atoms with van der Waals surface area (Å²) in [6.07, 6.45) is 4.02. The SMILES string of the molecule is CN=C(NCCn1cccc1)NCC(=O)NCc1ccccc1.I. The number of aliphatic imine (C=N–C) groups is 1. The molecule has 0 aliphatic carbocycles. The van der Waals surface area contributed by atoms with E-state index in [0.29, 0.717) is 12.5 Å². The smallest absolute Gasteiger partial charge is 0.239 e. The topological polar surface area (TPSA) is 70.5 Å². The van der Waals surface area contributed by atoms with E-state index < -0.39 is 0 Å². The molecule has 6 nitrogen and oxygen atoms in total. The van der Waals surface area contributed by atoms with Crippen LogP contribution in [0.2, 0.25) is 0 Å². The van der Waals surface area contributed by atoms with Crippen molar-refractivity contribution in [1.29, 1.82) is 0 Å². The van der Waals surface area contributed by atoms with Crippen molar-refractivity contribution < 1.29 is 4.79 Å². The highest BCUT2D eigenvalue weighted by atomic mass is 127. The average molecular weight is 441 g/mol. The van der Waals surface area contributed by atoms with Crippen molar-refractivity contribution in [2.24, 2.45) is 4.99 Å². The zero-order valence-corrected chi connectivity index (χ0v) is 16.1. The van der Waals surface area contributed by atoms with E-state index in [1.165, 1.54) is 0 Å². The maximum atomic E-state index is 11.8. The lowest BCUT2D eigenvalue weighted by Gasteiger charge is -2.12. The van der Waals surface area contributed by atoms with E-state index in [9.17, 15) is 4.79 Å². The molecule has 2 rings (SSSR count). The molecule has 0 bridgehead atoms. The summed E-state index contributed by atoms with van der Waals surface area (Å²) in [5.41, 5.74) is 1.08. The number of hydrogen-bond donors (Lipinski definition) is 3. The number of guanidine groups is 1. The van der Waals surface area contributed by atoms with Crippen LogP contribution in [0, 0.1) is 0 Å². The van der Waals surface area contributed by atoms with E-state index in [-0.39, 0.29) is 36.4 Å². The highest BCUT2D eigenvalue weighted by molar-refractivity contribution is 14.0. The fourth-order valence-electron chi connectivity index (χ4n) is 2.07. The van der Waals surface area contributed by atoms with Crippen molar-refractivity contribution in [1.82, 2.24) is 20.5 Å². The van der Waals surface area contributed by atoms with Gasteiger partial charge < -0.3 is 20.5 Å². The molecular weight excluding hydrogens is 417 g/mol. The number of amides is 1. The lowest BCUT2D eigenvalue weighted by Crippen LogP contribution is -2.43. The van der Waals surface area contributed by atoms with Crippen molar-refractivity contribution in [3.63, 3.8) is 0 Å². The molecule has 3 N–H and O–H groups in total. The number of nitrogens with one attached hydrogen (secondary N) is 3. The second-order valence-corrected chi connectivity index (χ2v) is 5.04. The quantitative estimate of drug-likeness (QED) is 0.347. The predicted octanol–water partition coefficient (Wildman–Crippen LogP) is 1.59. The summed E-state index contributed by atoms with van der Waals surface area (Å²) >= 11 is 0. The van der Waals surface area contributed by atoms with Gasteiger partial charge in [0.05, 0.1) is 6.54 Å². The number of benzene rings is 1. The molecule has 0 saturated carbocycles. The first-order valence-corrected chi connectivity index (χ1v) is 7.64. The zero-order valence-electron chi connectivity index (χ0n) is 13.7. The van der Waals surface area contributed by atoms with Gasteiger partial charge in [-0.15, -0.1) is 24.0 Å². The summed E-state index contributed by atoms with van der Waals surface area (Å²) in [4.78, 5) is 15.9. The zero-order chi connectivity index (χ0) is 16.3. The Balaban J connectivity index is 0.00000288. The van der Waals surface area contributed by atoms with E-state index in [1.807, 2.05) is 54.9 Å². The minimum atomic E-state index is -0.0674. The van der Waals surface area contributed by atoms with E-state index in [1.54, 1.807) is 7.05 Å². The predicted molar refractivity (Wildman–Crippen MR) is 108 cm³/mol. The van der Waals surface area contributed by atoms with Crippen molar-refractivity contribution in [3.8, 4) is 0 Å². The first kappa shape index (κ1) is 20.0. The van der Waals surface area contributed by atoms with E-state index in [2.05, 4.69) is 25.5 Å². The molecule has 0 aliphatic heterocycles. The molecule has 0 spiro atoms. The molecule has 0 unspecified atom stereocenters. The summed E-state index contributed by atoms with van der Waals surface area (Å²) < 4.78 is 2.08. The van der Waals surface area contributed by atoms with Crippen LogP contribution in [0.1, 0.15) is 5.56 Å².